The topological polar surface area (TPSA) is 75.6 Å². The molecule has 1 fully saturated rings. The summed E-state index contributed by atoms with van der Waals surface area (Å²) in [5, 5.41) is 0. The van der Waals surface area contributed by atoms with Crippen LogP contribution in [-0.2, 0) is 6.54 Å². The predicted octanol–water partition coefficient (Wildman–Crippen LogP) is 0.894. The summed E-state index contributed by atoms with van der Waals surface area (Å²) in [5.41, 5.74) is 13.4. The Bertz CT molecular complexity index is 489. The van der Waals surface area contributed by atoms with Gasteiger partial charge in [-0.1, -0.05) is 6.07 Å². The zero-order valence-electron chi connectivity index (χ0n) is 12.3. The van der Waals surface area contributed by atoms with Gasteiger partial charge in [0.2, 0.25) is 5.91 Å². The first-order chi connectivity index (χ1) is 9.47. The number of carbonyl (C=O) groups is 1. The third kappa shape index (κ3) is 3.49. The fourth-order valence-electron chi connectivity index (χ4n) is 2.82. The smallest absolute Gasteiger partial charge is 0.248 e. The second-order valence-electron chi connectivity index (χ2n) is 5.75. The van der Waals surface area contributed by atoms with E-state index < -0.39 is 5.91 Å². The predicted molar refractivity (Wildman–Crippen MR) is 81.4 cm³/mol. The Balaban J connectivity index is 1.97. The SMILES string of the molecule is CN(Cc1ccc(C(N)=O)cc1N)CC1CCCN1C. The fourth-order valence-corrected chi connectivity index (χ4v) is 2.82. The summed E-state index contributed by atoms with van der Waals surface area (Å²) < 4.78 is 0. The molecule has 0 aliphatic carbocycles. The fraction of sp³-hybridized carbons (Fsp3) is 0.533. The van der Waals surface area contributed by atoms with Gasteiger partial charge in [0.25, 0.3) is 0 Å². The summed E-state index contributed by atoms with van der Waals surface area (Å²) in [4.78, 5) is 15.8. The van der Waals surface area contributed by atoms with Crippen molar-refractivity contribution in [3.05, 3.63) is 29.3 Å². The Morgan fingerprint density at radius 2 is 2.25 bits per heavy atom. The van der Waals surface area contributed by atoms with Gasteiger partial charge in [-0.2, -0.15) is 0 Å². The highest BCUT2D eigenvalue weighted by atomic mass is 16.1. The molecular formula is C15H24N4O. The molecule has 20 heavy (non-hydrogen) atoms. The van der Waals surface area contributed by atoms with Crippen molar-refractivity contribution in [3.8, 4) is 0 Å². The van der Waals surface area contributed by atoms with Gasteiger partial charge < -0.3 is 21.3 Å². The lowest BCUT2D eigenvalue weighted by molar-refractivity contribution is 0.100. The average Bonchev–Trinajstić information content (AvgIpc) is 2.77. The van der Waals surface area contributed by atoms with Crippen LogP contribution in [0.3, 0.4) is 0 Å². The highest BCUT2D eigenvalue weighted by molar-refractivity contribution is 5.93. The van der Waals surface area contributed by atoms with Crippen LogP contribution in [-0.4, -0.2) is 48.9 Å². The quantitative estimate of drug-likeness (QED) is 0.783. The standard InChI is InChI=1S/C15H24N4O/c1-18(10-13-4-3-7-19(13)2)9-12-6-5-11(15(17)20)8-14(12)16/h5-6,8,13H,3-4,7,9-10,16H2,1-2H3,(H2,17,20). The average molecular weight is 276 g/mol. The second kappa shape index (κ2) is 6.24. The van der Waals surface area contributed by atoms with Gasteiger partial charge in [-0.25, -0.2) is 0 Å². The van der Waals surface area contributed by atoms with Gasteiger partial charge in [0, 0.05) is 30.4 Å². The zero-order chi connectivity index (χ0) is 14.7. The largest absolute Gasteiger partial charge is 0.398 e. The van der Waals surface area contributed by atoms with Crippen LogP contribution in [0.2, 0.25) is 0 Å². The zero-order valence-corrected chi connectivity index (χ0v) is 12.3. The van der Waals surface area contributed by atoms with Gasteiger partial charge in [0.05, 0.1) is 0 Å². The molecule has 1 aliphatic heterocycles. The molecule has 5 nitrogen and oxygen atoms in total. The maximum atomic E-state index is 11.1. The molecule has 2 rings (SSSR count). The van der Waals surface area contributed by atoms with Gasteiger partial charge in [-0.05, 0) is 51.2 Å². The highest BCUT2D eigenvalue weighted by Crippen LogP contribution is 2.19. The van der Waals surface area contributed by atoms with Crippen molar-refractivity contribution in [3.63, 3.8) is 0 Å². The van der Waals surface area contributed by atoms with E-state index in [0.29, 0.717) is 17.3 Å². The minimum absolute atomic E-state index is 0.441. The summed E-state index contributed by atoms with van der Waals surface area (Å²) in [6.45, 7) is 3.01. The molecule has 1 saturated heterocycles. The molecule has 0 aromatic heterocycles. The number of anilines is 1. The van der Waals surface area contributed by atoms with Crippen LogP contribution < -0.4 is 11.5 Å². The number of primary amides is 1. The summed E-state index contributed by atoms with van der Waals surface area (Å²) >= 11 is 0. The normalized spacial score (nSPS) is 19.6. The van der Waals surface area contributed by atoms with Crippen molar-refractivity contribution >= 4 is 11.6 Å². The second-order valence-corrected chi connectivity index (χ2v) is 5.75. The van der Waals surface area contributed by atoms with Crippen molar-refractivity contribution in [1.82, 2.24) is 9.80 Å². The molecule has 0 spiro atoms. The van der Waals surface area contributed by atoms with E-state index in [1.165, 1.54) is 19.4 Å². The van der Waals surface area contributed by atoms with Crippen molar-refractivity contribution in [2.45, 2.75) is 25.4 Å². The molecule has 4 N–H and O–H groups in total. The molecule has 0 bridgehead atoms. The van der Waals surface area contributed by atoms with E-state index in [4.69, 9.17) is 11.5 Å². The summed E-state index contributed by atoms with van der Waals surface area (Å²) in [7, 11) is 4.29. The first-order valence-corrected chi connectivity index (χ1v) is 7.04. The summed E-state index contributed by atoms with van der Waals surface area (Å²) in [6, 6.07) is 5.92. The molecular weight excluding hydrogens is 252 g/mol. The molecule has 1 unspecified atom stereocenters. The molecule has 1 aromatic rings. The van der Waals surface area contributed by atoms with Crippen molar-refractivity contribution in [1.29, 1.82) is 0 Å². The minimum Gasteiger partial charge on any atom is -0.398 e. The lowest BCUT2D eigenvalue weighted by Gasteiger charge is -2.26. The van der Waals surface area contributed by atoms with E-state index in [1.807, 2.05) is 6.07 Å². The van der Waals surface area contributed by atoms with E-state index in [1.54, 1.807) is 12.1 Å². The lowest BCUT2D eigenvalue weighted by atomic mass is 10.1. The monoisotopic (exact) mass is 276 g/mol. The Kier molecular flexibility index (Phi) is 4.62. The van der Waals surface area contributed by atoms with Crippen LogP contribution in [0.5, 0.6) is 0 Å². The number of carbonyl (C=O) groups excluding carboxylic acids is 1. The molecule has 1 amide bonds. The number of benzene rings is 1. The first kappa shape index (κ1) is 14.8. The molecule has 1 aromatic carbocycles. The van der Waals surface area contributed by atoms with E-state index in [9.17, 15) is 4.79 Å². The Hall–Kier alpha value is -1.59. The highest BCUT2D eigenvalue weighted by Gasteiger charge is 2.22. The third-order valence-electron chi connectivity index (χ3n) is 4.06. The lowest BCUT2D eigenvalue weighted by Crippen LogP contribution is -2.36. The van der Waals surface area contributed by atoms with E-state index >= 15 is 0 Å². The van der Waals surface area contributed by atoms with Crippen LogP contribution in [0.1, 0.15) is 28.8 Å². The molecule has 1 heterocycles. The summed E-state index contributed by atoms with van der Waals surface area (Å²) in [6.07, 6.45) is 2.54. The number of rotatable bonds is 5. The number of nitrogens with zero attached hydrogens (tertiary/aromatic N) is 2. The minimum atomic E-state index is -0.441. The number of amides is 1. The maximum Gasteiger partial charge on any atom is 0.248 e. The van der Waals surface area contributed by atoms with Crippen LogP contribution in [0.15, 0.2) is 18.2 Å². The van der Waals surface area contributed by atoms with Crippen LogP contribution in [0, 0.1) is 0 Å². The Morgan fingerprint density at radius 3 is 2.80 bits per heavy atom. The molecule has 1 atom stereocenters. The van der Waals surface area contributed by atoms with Crippen LogP contribution in [0.25, 0.3) is 0 Å². The molecule has 5 heteroatoms. The van der Waals surface area contributed by atoms with Gasteiger partial charge >= 0.3 is 0 Å². The number of nitrogens with two attached hydrogens (primary N) is 2. The Labute approximate surface area is 120 Å². The van der Waals surface area contributed by atoms with Crippen molar-refractivity contribution in [2.75, 3.05) is 32.9 Å². The maximum absolute atomic E-state index is 11.1. The van der Waals surface area contributed by atoms with E-state index in [0.717, 1.165) is 18.7 Å². The van der Waals surface area contributed by atoms with E-state index in [2.05, 4.69) is 23.9 Å². The van der Waals surface area contributed by atoms with Crippen molar-refractivity contribution < 1.29 is 4.79 Å². The number of hydrogen-bond acceptors (Lipinski definition) is 4. The molecule has 0 saturated carbocycles. The number of likely N-dealkylation sites (N-methyl/N-ethyl adjacent to an activating group) is 2. The van der Waals surface area contributed by atoms with Gasteiger partial charge in [-0.15, -0.1) is 0 Å². The Morgan fingerprint density at radius 1 is 1.50 bits per heavy atom. The van der Waals surface area contributed by atoms with E-state index in [-0.39, 0.29) is 0 Å². The number of hydrogen-bond donors (Lipinski definition) is 2. The third-order valence-corrected chi connectivity index (χ3v) is 4.06. The van der Waals surface area contributed by atoms with Gasteiger partial charge in [0.15, 0.2) is 0 Å². The first-order valence-electron chi connectivity index (χ1n) is 7.04. The molecule has 0 radical (unpaired) electrons. The van der Waals surface area contributed by atoms with Crippen molar-refractivity contribution in [2.24, 2.45) is 5.73 Å². The van der Waals surface area contributed by atoms with Gasteiger partial charge in [-0.3, -0.25) is 4.79 Å². The van der Waals surface area contributed by atoms with Crippen LogP contribution >= 0.6 is 0 Å². The summed E-state index contributed by atoms with van der Waals surface area (Å²) in [5.74, 6) is -0.441. The van der Waals surface area contributed by atoms with Gasteiger partial charge in [0.1, 0.15) is 0 Å². The number of nitrogen functional groups attached to an aromatic ring is 1. The van der Waals surface area contributed by atoms with Crippen LogP contribution in [0.4, 0.5) is 5.69 Å². The number of likely N-dealkylation sites (tertiary alicyclic amines) is 1. The molecule has 110 valence electrons. The molecule has 1 aliphatic rings.